The molecule has 1 aliphatic heterocycles. The first-order chi connectivity index (χ1) is 12.6. The minimum Gasteiger partial charge on any atom is -0.376 e. The van der Waals surface area contributed by atoms with E-state index >= 15 is 0 Å². The van der Waals surface area contributed by atoms with Gasteiger partial charge in [-0.25, -0.2) is 0 Å². The van der Waals surface area contributed by atoms with Gasteiger partial charge < -0.3 is 15.1 Å². The first-order valence-electron chi connectivity index (χ1n) is 9.47. The number of para-hydroxylation sites is 2. The van der Waals surface area contributed by atoms with Crippen LogP contribution in [0, 0.1) is 6.92 Å². The summed E-state index contributed by atoms with van der Waals surface area (Å²) in [5.74, 6) is 0.609. The number of hydrogen-bond acceptors (Lipinski definition) is 3. The Bertz CT molecular complexity index is 734. The summed E-state index contributed by atoms with van der Waals surface area (Å²) in [5.41, 5.74) is 4.81. The monoisotopic (exact) mass is 351 g/mol. The second-order valence-electron chi connectivity index (χ2n) is 7.25. The van der Waals surface area contributed by atoms with E-state index in [9.17, 15) is 4.79 Å². The van der Waals surface area contributed by atoms with Crippen molar-refractivity contribution in [3.05, 3.63) is 59.7 Å². The third kappa shape index (κ3) is 4.18. The van der Waals surface area contributed by atoms with E-state index in [0.29, 0.717) is 12.5 Å². The fourth-order valence-electron chi connectivity index (χ4n) is 3.54. The summed E-state index contributed by atoms with van der Waals surface area (Å²) in [6.07, 6.45) is 0. The van der Waals surface area contributed by atoms with Gasteiger partial charge in [0.05, 0.1) is 6.54 Å². The highest BCUT2D eigenvalue weighted by molar-refractivity contribution is 5.82. The Morgan fingerprint density at radius 2 is 1.69 bits per heavy atom. The zero-order valence-electron chi connectivity index (χ0n) is 16.0. The third-order valence-corrected chi connectivity index (χ3v) is 5.10. The number of nitrogens with zero attached hydrogens (tertiary/aromatic N) is 2. The van der Waals surface area contributed by atoms with E-state index in [4.69, 9.17) is 0 Å². The van der Waals surface area contributed by atoms with Crippen LogP contribution in [0.4, 0.5) is 11.4 Å². The van der Waals surface area contributed by atoms with Gasteiger partial charge in [0.15, 0.2) is 0 Å². The summed E-state index contributed by atoms with van der Waals surface area (Å²) >= 11 is 0. The second-order valence-corrected chi connectivity index (χ2v) is 7.25. The lowest BCUT2D eigenvalue weighted by atomic mass is 9.98. The van der Waals surface area contributed by atoms with E-state index in [1.165, 1.54) is 16.8 Å². The summed E-state index contributed by atoms with van der Waals surface area (Å²) in [5, 5.41) is 3.40. The van der Waals surface area contributed by atoms with Crippen molar-refractivity contribution in [1.29, 1.82) is 0 Å². The average molecular weight is 351 g/mol. The van der Waals surface area contributed by atoms with Gasteiger partial charge in [0, 0.05) is 37.6 Å². The Morgan fingerprint density at radius 3 is 2.35 bits per heavy atom. The zero-order chi connectivity index (χ0) is 18.5. The number of nitrogens with one attached hydrogen (secondary N) is 1. The number of anilines is 2. The number of aryl methyl sites for hydroxylation is 1. The molecule has 1 fully saturated rings. The smallest absolute Gasteiger partial charge is 0.241 e. The van der Waals surface area contributed by atoms with Gasteiger partial charge in [-0.05, 0) is 36.1 Å². The van der Waals surface area contributed by atoms with E-state index in [-0.39, 0.29) is 5.91 Å². The molecule has 0 radical (unpaired) electrons. The molecule has 0 aromatic heterocycles. The van der Waals surface area contributed by atoms with Crippen molar-refractivity contribution in [2.45, 2.75) is 26.7 Å². The van der Waals surface area contributed by atoms with Gasteiger partial charge in [-0.3, -0.25) is 4.79 Å². The van der Waals surface area contributed by atoms with E-state index in [1.807, 2.05) is 11.0 Å². The zero-order valence-corrected chi connectivity index (χ0v) is 16.0. The van der Waals surface area contributed by atoms with Crippen LogP contribution in [0.5, 0.6) is 0 Å². The molecule has 0 bridgehead atoms. The summed E-state index contributed by atoms with van der Waals surface area (Å²) in [4.78, 5) is 17.0. The summed E-state index contributed by atoms with van der Waals surface area (Å²) in [6.45, 7) is 10.2. The predicted molar refractivity (Wildman–Crippen MR) is 109 cm³/mol. The van der Waals surface area contributed by atoms with Crippen molar-refractivity contribution in [1.82, 2.24) is 4.90 Å². The van der Waals surface area contributed by atoms with Crippen LogP contribution in [0.1, 0.15) is 30.9 Å². The fourth-order valence-corrected chi connectivity index (χ4v) is 3.54. The third-order valence-electron chi connectivity index (χ3n) is 5.10. The maximum Gasteiger partial charge on any atom is 0.241 e. The number of carbonyl (C=O) groups is 1. The van der Waals surface area contributed by atoms with Crippen LogP contribution in [0.25, 0.3) is 0 Å². The quantitative estimate of drug-likeness (QED) is 0.888. The minimum absolute atomic E-state index is 0.177. The van der Waals surface area contributed by atoms with Crippen molar-refractivity contribution in [3.63, 3.8) is 0 Å². The number of amides is 1. The van der Waals surface area contributed by atoms with Crippen LogP contribution in [-0.4, -0.2) is 43.5 Å². The van der Waals surface area contributed by atoms with Crippen LogP contribution < -0.4 is 10.2 Å². The van der Waals surface area contributed by atoms with Crippen molar-refractivity contribution < 1.29 is 4.79 Å². The molecule has 4 nitrogen and oxygen atoms in total. The molecule has 0 atom stereocenters. The molecule has 0 spiro atoms. The van der Waals surface area contributed by atoms with Gasteiger partial charge in [-0.2, -0.15) is 0 Å². The minimum atomic E-state index is 0.177. The van der Waals surface area contributed by atoms with Crippen LogP contribution in [0.2, 0.25) is 0 Å². The van der Waals surface area contributed by atoms with Crippen LogP contribution >= 0.6 is 0 Å². The van der Waals surface area contributed by atoms with E-state index in [0.717, 1.165) is 31.9 Å². The molecule has 1 amide bonds. The highest BCUT2D eigenvalue weighted by atomic mass is 16.2. The number of rotatable bonds is 5. The van der Waals surface area contributed by atoms with Gasteiger partial charge >= 0.3 is 0 Å². The van der Waals surface area contributed by atoms with Gasteiger partial charge in [0.25, 0.3) is 0 Å². The highest BCUT2D eigenvalue weighted by Crippen LogP contribution is 2.27. The van der Waals surface area contributed by atoms with Gasteiger partial charge in [-0.15, -0.1) is 0 Å². The molecule has 2 aromatic carbocycles. The van der Waals surface area contributed by atoms with Gasteiger partial charge in [0.2, 0.25) is 5.91 Å². The molecule has 1 saturated heterocycles. The lowest BCUT2D eigenvalue weighted by Crippen LogP contribution is -2.50. The Morgan fingerprint density at radius 1 is 1.00 bits per heavy atom. The molecule has 138 valence electrons. The Balaban J connectivity index is 1.56. The molecule has 26 heavy (non-hydrogen) atoms. The Kier molecular flexibility index (Phi) is 5.82. The van der Waals surface area contributed by atoms with Crippen molar-refractivity contribution in [2.24, 2.45) is 0 Å². The second kappa shape index (κ2) is 8.26. The first kappa shape index (κ1) is 18.3. The first-order valence-corrected chi connectivity index (χ1v) is 9.47. The Labute approximate surface area is 156 Å². The normalized spacial score (nSPS) is 14.6. The topological polar surface area (TPSA) is 35.6 Å². The number of hydrogen-bond donors (Lipinski definition) is 1. The molecule has 0 unspecified atom stereocenters. The van der Waals surface area contributed by atoms with E-state index < -0.39 is 0 Å². The molecule has 1 aliphatic rings. The molecule has 0 saturated carbocycles. The largest absolute Gasteiger partial charge is 0.376 e. The molecular weight excluding hydrogens is 322 g/mol. The van der Waals surface area contributed by atoms with Crippen molar-refractivity contribution in [2.75, 3.05) is 42.9 Å². The molecule has 1 N–H and O–H groups in total. The van der Waals surface area contributed by atoms with Crippen molar-refractivity contribution >= 4 is 17.3 Å². The van der Waals surface area contributed by atoms with Crippen LogP contribution in [0.15, 0.2) is 48.5 Å². The van der Waals surface area contributed by atoms with Gasteiger partial charge in [0.1, 0.15) is 0 Å². The number of piperazine rings is 1. The Hall–Kier alpha value is -2.49. The van der Waals surface area contributed by atoms with Crippen molar-refractivity contribution in [3.8, 4) is 0 Å². The molecule has 1 heterocycles. The lowest BCUT2D eigenvalue weighted by Gasteiger charge is -2.36. The molecule has 3 rings (SSSR count). The molecule has 0 aliphatic carbocycles. The standard InChI is InChI=1S/C22H29N3O/c1-17(2)20-11-7-8-18(3)22(20)23-16-21(26)25-14-12-24(13-15-25)19-9-5-4-6-10-19/h4-11,17,23H,12-16H2,1-3H3. The average Bonchev–Trinajstić information content (AvgIpc) is 2.67. The summed E-state index contributed by atoms with van der Waals surface area (Å²) in [6, 6.07) is 16.7. The highest BCUT2D eigenvalue weighted by Gasteiger charge is 2.21. The molecular formula is C22H29N3O. The number of benzene rings is 2. The maximum absolute atomic E-state index is 12.7. The summed E-state index contributed by atoms with van der Waals surface area (Å²) in [7, 11) is 0. The van der Waals surface area contributed by atoms with E-state index in [1.54, 1.807) is 0 Å². The molecule has 4 heteroatoms. The van der Waals surface area contributed by atoms with Crippen LogP contribution in [-0.2, 0) is 4.79 Å². The predicted octanol–water partition coefficient (Wildman–Crippen LogP) is 3.88. The number of carbonyl (C=O) groups excluding carboxylic acids is 1. The SMILES string of the molecule is Cc1cccc(C(C)C)c1NCC(=O)N1CCN(c2ccccc2)CC1. The lowest BCUT2D eigenvalue weighted by molar-refractivity contribution is -0.129. The molecule has 2 aromatic rings. The van der Waals surface area contributed by atoms with Gasteiger partial charge in [-0.1, -0.05) is 50.2 Å². The van der Waals surface area contributed by atoms with Crippen LogP contribution in [0.3, 0.4) is 0 Å². The van der Waals surface area contributed by atoms with E-state index in [2.05, 4.69) is 73.5 Å². The summed E-state index contributed by atoms with van der Waals surface area (Å²) < 4.78 is 0. The fraction of sp³-hybridized carbons (Fsp3) is 0.409. The maximum atomic E-state index is 12.7.